The summed E-state index contributed by atoms with van der Waals surface area (Å²) in [5.74, 6) is 1.68. The second kappa shape index (κ2) is 6.70. The van der Waals surface area contributed by atoms with Crippen molar-refractivity contribution in [2.24, 2.45) is 17.6 Å². The first kappa shape index (κ1) is 14.8. The molecule has 3 N–H and O–H groups in total. The molecule has 1 aromatic rings. The monoisotopic (exact) mass is 276 g/mol. The van der Waals surface area contributed by atoms with Gasteiger partial charge in [-0.25, -0.2) is 4.98 Å². The van der Waals surface area contributed by atoms with Gasteiger partial charge in [0.1, 0.15) is 5.82 Å². The first-order valence-corrected chi connectivity index (χ1v) is 7.24. The summed E-state index contributed by atoms with van der Waals surface area (Å²) in [6.45, 7) is 0.741. The van der Waals surface area contributed by atoms with Crippen LogP contribution in [0.15, 0.2) is 18.3 Å². The molecular formula is C15H24N4O. The molecule has 0 radical (unpaired) electrons. The Morgan fingerprint density at radius 3 is 2.70 bits per heavy atom. The molecule has 0 unspecified atom stereocenters. The van der Waals surface area contributed by atoms with E-state index in [1.807, 2.05) is 31.1 Å². The lowest BCUT2D eigenvalue weighted by atomic mass is 9.81. The lowest BCUT2D eigenvalue weighted by Gasteiger charge is -2.26. The molecule has 1 heterocycles. The van der Waals surface area contributed by atoms with Crippen LogP contribution in [0.1, 0.15) is 25.7 Å². The van der Waals surface area contributed by atoms with Crippen LogP contribution in [0.4, 0.5) is 11.5 Å². The number of nitrogens with zero attached hydrogens (tertiary/aromatic N) is 2. The SMILES string of the molecule is CN(C)c1cc(NC(=O)C2CCC(CN)CC2)ccn1. The molecule has 0 saturated heterocycles. The molecule has 1 saturated carbocycles. The van der Waals surface area contributed by atoms with Crippen molar-refractivity contribution >= 4 is 17.4 Å². The number of rotatable bonds is 4. The summed E-state index contributed by atoms with van der Waals surface area (Å²) in [7, 11) is 3.87. The molecular weight excluding hydrogens is 252 g/mol. The summed E-state index contributed by atoms with van der Waals surface area (Å²) in [6, 6.07) is 3.72. The number of nitrogens with one attached hydrogen (secondary N) is 1. The molecule has 1 fully saturated rings. The first-order valence-electron chi connectivity index (χ1n) is 7.24. The normalized spacial score (nSPS) is 22.4. The molecule has 5 heteroatoms. The van der Waals surface area contributed by atoms with E-state index in [0.717, 1.165) is 43.7 Å². The zero-order valence-electron chi connectivity index (χ0n) is 12.3. The van der Waals surface area contributed by atoms with E-state index in [1.165, 1.54) is 0 Å². The van der Waals surface area contributed by atoms with E-state index in [-0.39, 0.29) is 11.8 Å². The molecule has 0 aliphatic heterocycles. The predicted octanol–water partition coefficient (Wildman–Crippen LogP) is 1.85. The quantitative estimate of drug-likeness (QED) is 0.880. The molecule has 1 aromatic heterocycles. The molecule has 0 bridgehead atoms. The maximum Gasteiger partial charge on any atom is 0.227 e. The fourth-order valence-electron chi connectivity index (χ4n) is 2.65. The highest BCUT2D eigenvalue weighted by Gasteiger charge is 2.25. The van der Waals surface area contributed by atoms with Gasteiger partial charge in [-0.05, 0) is 44.2 Å². The van der Waals surface area contributed by atoms with Gasteiger partial charge < -0.3 is 16.0 Å². The number of carbonyl (C=O) groups is 1. The molecule has 2 rings (SSSR count). The van der Waals surface area contributed by atoms with Gasteiger partial charge in [-0.3, -0.25) is 4.79 Å². The molecule has 1 aliphatic carbocycles. The number of amides is 1. The van der Waals surface area contributed by atoms with Crippen LogP contribution in [0.5, 0.6) is 0 Å². The third-order valence-electron chi connectivity index (χ3n) is 4.02. The standard InChI is InChI=1S/C15H24N4O/c1-19(2)14-9-13(7-8-17-14)18-15(20)12-5-3-11(10-16)4-6-12/h7-9,11-12H,3-6,10,16H2,1-2H3,(H,17,18,20). The summed E-state index contributed by atoms with van der Waals surface area (Å²) in [6.07, 6.45) is 5.73. The smallest absolute Gasteiger partial charge is 0.227 e. The second-order valence-electron chi connectivity index (χ2n) is 5.74. The average molecular weight is 276 g/mol. The van der Waals surface area contributed by atoms with Crippen LogP contribution < -0.4 is 16.0 Å². The Bertz CT molecular complexity index is 453. The zero-order valence-corrected chi connectivity index (χ0v) is 12.3. The Morgan fingerprint density at radius 2 is 2.10 bits per heavy atom. The number of hydrogen-bond donors (Lipinski definition) is 2. The second-order valence-corrected chi connectivity index (χ2v) is 5.74. The van der Waals surface area contributed by atoms with Crippen molar-refractivity contribution in [3.8, 4) is 0 Å². The highest BCUT2D eigenvalue weighted by Crippen LogP contribution is 2.29. The Labute approximate surface area is 120 Å². The van der Waals surface area contributed by atoms with Crippen LogP contribution in [-0.2, 0) is 4.79 Å². The fourth-order valence-corrected chi connectivity index (χ4v) is 2.65. The third-order valence-corrected chi connectivity index (χ3v) is 4.02. The van der Waals surface area contributed by atoms with E-state index in [1.54, 1.807) is 6.20 Å². The van der Waals surface area contributed by atoms with E-state index in [0.29, 0.717) is 5.92 Å². The molecule has 1 aliphatic rings. The van der Waals surface area contributed by atoms with Crippen molar-refractivity contribution < 1.29 is 4.79 Å². The number of pyridine rings is 1. The maximum absolute atomic E-state index is 12.3. The summed E-state index contributed by atoms with van der Waals surface area (Å²) in [5, 5.41) is 3.00. The fraction of sp³-hybridized carbons (Fsp3) is 0.600. The predicted molar refractivity (Wildman–Crippen MR) is 81.7 cm³/mol. The van der Waals surface area contributed by atoms with Crippen molar-refractivity contribution in [1.82, 2.24) is 4.98 Å². The van der Waals surface area contributed by atoms with Crippen LogP contribution in [0.3, 0.4) is 0 Å². The molecule has 110 valence electrons. The van der Waals surface area contributed by atoms with E-state index in [4.69, 9.17) is 5.73 Å². The van der Waals surface area contributed by atoms with Crippen LogP contribution in [0.25, 0.3) is 0 Å². The topological polar surface area (TPSA) is 71.2 Å². The van der Waals surface area contributed by atoms with Crippen LogP contribution in [0, 0.1) is 11.8 Å². The van der Waals surface area contributed by atoms with Gasteiger partial charge in [0, 0.05) is 38.0 Å². The van der Waals surface area contributed by atoms with Gasteiger partial charge in [0.2, 0.25) is 5.91 Å². The Hall–Kier alpha value is -1.62. The molecule has 0 aromatic carbocycles. The van der Waals surface area contributed by atoms with Crippen molar-refractivity contribution in [1.29, 1.82) is 0 Å². The van der Waals surface area contributed by atoms with E-state index >= 15 is 0 Å². The molecule has 20 heavy (non-hydrogen) atoms. The Balaban J connectivity index is 1.93. The minimum absolute atomic E-state index is 0.119. The average Bonchev–Trinajstić information content (AvgIpc) is 2.47. The van der Waals surface area contributed by atoms with Gasteiger partial charge in [-0.1, -0.05) is 0 Å². The van der Waals surface area contributed by atoms with E-state index in [2.05, 4.69) is 10.3 Å². The van der Waals surface area contributed by atoms with Crippen molar-refractivity contribution in [2.75, 3.05) is 30.9 Å². The zero-order chi connectivity index (χ0) is 14.5. The van der Waals surface area contributed by atoms with Gasteiger partial charge in [-0.15, -0.1) is 0 Å². The summed E-state index contributed by atoms with van der Waals surface area (Å²) >= 11 is 0. The number of carbonyl (C=O) groups excluding carboxylic acids is 1. The number of hydrogen-bond acceptors (Lipinski definition) is 4. The highest BCUT2D eigenvalue weighted by atomic mass is 16.1. The van der Waals surface area contributed by atoms with Gasteiger partial charge in [0.05, 0.1) is 0 Å². The van der Waals surface area contributed by atoms with Crippen LogP contribution in [0.2, 0.25) is 0 Å². The van der Waals surface area contributed by atoms with Gasteiger partial charge in [0.25, 0.3) is 0 Å². The minimum atomic E-state index is 0.119. The number of nitrogens with two attached hydrogens (primary N) is 1. The number of aromatic nitrogens is 1. The van der Waals surface area contributed by atoms with Gasteiger partial charge in [-0.2, -0.15) is 0 Å². The van der Waals surface area contributed by atoms with Gasteiger partial charge >= 0.3 is 0 Å². The number of anilines is 2. The lowest BCUT2D eigenvalue weighted by molar-refractivity contribution is -0.121. The Morgan fingerprint density at radius 1 is 1.40 bits per heavy atom. The Kier molecular flexibility index (Phi) is 4.95. The largest absolute Gasteiger partial charge is 0.363 e. The lowest BCUT2D eigenvalue weighted by Crippen LogP contribution is -2.29. The van der Waals surface area contributed by atoms with Crippen LogP contribution >= 0.6 is 0 Å². The van der Waals surface area contributed by atoms with E-state index < -0.39 is 0 Å². The molecule has 0 atom stereocenters. The maximum atomic E-state index is 12.3. The van der Waals surface area contributed by atoms with Crippen molar-refractivity contribution in [2.45, 2.75) is 25.7 Å². The van der Waals surface area contributed by atoms with Crippen molar-refractivity contribution in [3.63, 3.8) is 0 Å². The first-order chi connectivity index (χ1) is 9.60. The molecule has 0 spiro atoms. The van der Waals surface area contributed by atoms with Crippen LogP contribution in [-0.4, -0.2) is 31.5 Å². The summed E-state index contributed by atoms with van der Waals surface area (Å²) in [5.41, 5.74) is 6.50. The van der Waals surface area contributed by atoms with Gasteiger partial charge in [0.15, 0.2) is 0 Å². The highest BCUT2D eigenvalue weighted by molar-refractivity contribution is 5.92. The summed E-state index contributed by atoms with van der Waals surface area (Å²) in [4.78, 5) is 18.4. The summed E-state index contributed by atoms with van der Waals surface area (Å²) < 4.78 is 0. The van der Waals surface area contributed by atoms with Crippen molar-refractivity contribution in [3.05, 3.63) is 18.3 Å². The molecule has 1 amide bonds. The third kappa shape index (κ3) is 3.70. The minimum Gasteiger partial charge on any atom is -0.363 e. The van der Waals surface area contributed by atoms with E-state index in [9.17, 15) is 4.79 Å². The molecule has 5 nitrogen and oxygen atoms in total.